The van der Waals surface area contributed by atoms with E-state index in [1.807, 2.05) is 37.4 Å². The van der Waals surface area contributed by atoms with Gasteiger partial charge in [0.15, 0.2) is 0 Å². The first kappa shape index (κ1) is 12.3. The van der Waals surface area contributed by atoms with Crippen LogP contribution in [0.4, 0.5) is 0 Å². The molecule has 0 spiro atoms. The zero-order valence-corrected chi connectivity index (χ0v) is 11.0. The van der Waals surface area contributed by atoms with Crippen LogP contribution in [0.1, 0.15) is 23.6 Å². The van der Waals surface area contributed by atoms with Crippen molar-refractivity contribution in [2.24, 2.45) is 0 Å². The summed E-state index contributed by atoms with van der Waals surface area (Å²) >= 11 is 0. The molecule has 0 aromatic carbocycles. The summed E-state index contributed by atoms with van der Waals surface area (Å²) in [7, 11) is 0. The molecule has 0 unspecified atom stereocenters. The highest BCUT2D eigenvalue weighted by Gasteiger charge is 2.24. The Morgan fingerprint density at radius 3 is 3.10 bits per heavy atom. The molecule has 0 bridgehead atoms. The van der Waals surface area contributed by atoms with Gasteiger partial charge in [-0.2, -0.15) is 5.26 Å². The lowest BCUT2D eigenvalue weighted by Gasteiger charge is -2.18. The van der Waals surface area contributed by atoms with Gasteiger partial charge in [-0.25, -0.2) is 0 Å². The van der Waals surface area contributed by atoms with E-state index in [4.69, 9.17) is 4.74 Å². The lowest BCUT2D eigenvalue weighted by Crippen LogP contribution is -2.18. The number of allylic oxidation sites excluding steroid dienone is 3. The smallest absolute Gasteiger partial charge is 0.268 e. The molecule has 0 fully saturated rings. The Bertz CT molecular complexity index is 761. The molecule has 3 heterocycles. The Balaban J connectivity index is 2.37. The van der Waals surface area contributed by atoms with Crippen molar-refractivity contribution < 1.29 is 4.74 Å². The molecule has 20 heavy (non-hydrogen) atoms. The third kappa shape index (κ3) is 1.74. The number of hydrogen-bond acceptors (Lipinski definition) is 4. The van der Waals surface area contributed by atoms with Gasteiger partial charge < -0.3 is 10.1 Å². The largest absolute Gasteiger partial charge is 0.474 e. The van der Waals surface area contributed by atoms with Gasteiger partial charge in [-0.3, -0.25) is 9.78 Å². The molecule has 0 aliphatic carbocycles. The monoisotopic (exact) mass is 267 g/mol. The fourth-order valence-corrected chi connectivity index (χ4v) is 2.54. The second-order valence-corrected chi connectivity index (χ2v) is 4.49. The molecule has 0 saturated heterocycles. The van der Waals surface area contributed by atoms with E-state index in [1.165, 1.54) is 0 Å². The van der Waals surface area contributed by atoms with E-state index in [0.717, 1.165) is 22.4 Å². The topological polar surface area (TPSA) is 77.9 Å². The quantitative estimate of drug-likeness (QED) is 0.810. The van der Waals surface area contributed by atoms with Crippen LogP contribution in [0.25, 0.3) is 5.57 Å². The number of aromatic nitrogens is 1. The highest BCUT2D eigenvalue weighted by atomic mass is 16.5. The molecule has 0 saturated carbocycles. The van der Waals surface area contributed by atoms with Crippen LogP contribution in [0.5, 0.6) is 5.88 Å². The van der Waals surface area contributed by atoms with Crippen LogP contribution < -0.4 is 15.6 Å². The Morgan fingerprint density at radius 1 is 1.50 bits per heavy atom. The summed E-state index contributed by atoms with van der Waals surface area (Å²) in [4.78, 5) is 14.6. The summed E-state index contributed by atoms with van der Waals surface area (Å²) < 4.78 is 5.61. The van der Waals surface area contributed by atoms with Crippen LogP contribution in [-0.2, 0) is 6.42 Å². The third-order valence-electron chi connectivity index (χ3n) is 3.42. The number of nitrogens with zero attached hydrogens (tertiary/aromatic N) is 1. The molecule has 0 atom stereocenters. The molecule has 0 amide bonds. The van der Waals surface area contributed by atoms with Gasteiger partial charge in [-0.05, 0) is 24.1 Å². The van der Waals surface area contributed by atoms with Gasteiger partial charge >= 0.3 is 0 Å². The van der Waals surface area contributed by atoms with Crippen molar-refractivity contribution in [1.82, 2.24) is 10.3 Å². The minimum absolute atomic E-state index is 0.159. The second-order valence-electron chi connectivity index (χ2n) is 4.49. The Labute approximate surface area is 115 Å². The first-order chi connectivity index (χ1) is 9.76. The maximum atomic E-state index is 12.0. The number of H-pyrrole nitrogens is 1. The van der Waals surface area contributed by atoms with E-state index < -0.39 is 5.56 Å². The average Bonchev–Trinajstić information content (AvgIpc) is 2.64. The number of ether oxygens (including phenoxy) is 1. The number of dihydropyridines is 1. The summed E-state index contributed by atoms with van der Waals surface area (Å²) in [5.74, 6) is 0.431. The summed E-state index contributed by atoms with van der Waals surface area (Å²) in [6.07, 6.45) is 8.18. The number of hydrogen-bond donors (Lipinski definition) is 2. The van der Waals surface area contributed by atoms with Crippen molar-refractivity contribution in [3.63, 3.8) is 0 Å². The molecular formula is C15H13N3O2. The Kier molecular flexibility index (Phi) is 2.92. The number of aromatic amines is 1. The van der Waals surface area contributed by atoms with Crippen molar-refractivity contribution in [2.75, 3.05) is 6.61 Å². The molecule has 100 valence electrons. The van der Waals surface area contributed by atoms with Crippen LogP contribution in [0.3, 0.4) is 0 Å². The van der Waals surface area contributed by atoms with Crippen molar-refractivity contribution in [3.8, 4) is 11.9 Å². The first-order valence-electron chi connectivity index (χ1n) is 6.42. The highest BCUT2D eigenvalue weighted by Crippen LogP contribution is 2.35. The fourth-order valence-electron chi connectivity index (χ4n) is 2.54. The standard InChI is InChI=1S/C15H13N3O2/c1-2-9-11(8-16)14(19)18-15-13(9)10-4-3-6-17-12(10)5-7-20-15/h3-6,17H,2,7H2,1H3,(H,18,19). The minimum Gasteiger partial charge on any atom is -0.474 e. The molecule has 2 aliphatic rings. The van der Waals surface area contributed by atoms with Crippen LogP contribution in [0.2, 0.25) is 0 Å². The highest BCUT2D eigenvalue weighted by molar-refractivity contribution is 5.86. The molecule has 2 N–H and O–H groups in total. The van der Waals surface area contributed by atoms with Gasteiger partial charge in [-0.15, -0.1) is 0 Å². The van der Waals surface area contributed by atoms with E-state index in [0.29, 0.717) is 18.9 Å². The summed E-state index contributed by atoms with van der Waals surface area (Å²) in [6.45, 7) is 2.29. The van der Waals surface area contributed by atoms with Gasteiger partial charge in [0.1, 0.15) is 18.2 Å². The van der Waals surface area contributed by atoms with Crippen molar-refractivity contribution in [2.45, 2.75) is 13.3 Å². The maximum absolute atomic E-state index is 12.0. The molecule has 0 radical (unpaired) electrons. The molecule has 5 heteroatoms. The van der Waals surface area contributed by atoms with Gasteiger partial charge in [0, 0.05) is 23.0 Å². The normalized spacial score (nSPS) is 15.6. The predicted octanol–water partition coefficient (Wildman–Crippen LogP) is 1.59. The van der Waals surface area contributed by atoms with E-state index in [2.05, 4.69) is 10.3 Å². The van der Waals surface area contributed by atoms with Crippen LogP contribution >= 0.6 is 0 Å². The molecular weight excluding hydrogens is 254 g/mol. The van der Waals surface area contributed by atoms with Crippen LogP contribution in [0, 0.1) is 11.3 Å². The van der Waals surface area contributed by atoms with E-state index in [1.54, 1.807) is 0 Å². The van der Waals surface area contributed by atoms with Gasteiger partial charge in [-0.1, -0.05) is 13.0 Å². The number of rotatable bonds is 1. The molecule has 2 aliphatic heterocycles. The summed E-state index contributed by atoms with van der Waals surface area (Å²) in [5.41, 5.74) is 3.14. The number of pyridine rings is 1. The van der Waals surface area contributed by atoms with Crippen LogP contribution in [-0.4, -0.2) is 11.6 Å². The average molecular weight is 267 g/mol. The lowest BCUT2D eigenvalue weighted by molar-refractivity contribution is 0.347. The zero-order valence-electron chi connectivity index (χ0n) is 11.0. The van der Waals surface area contributed by atoms with E-state index in [-0.39, 0.29) is 5.56 Å². The fraction of sp³-hybridized carbons (Fsp3) is 0.200. The first-order valence-corrected chi connectivity index (χ1v) is 6.42. The number of fused-ring (bicyclic) bond motifs is 3. The van der Waals surface area contributed by atoms with E-state index in [9.17, 15) is 10.1 Å². The lowest BCUT2D eigenvalue weighted by atomic mass is 9.93. The molecule has 3 rings (SSSR count). The number of nitrogens with one attached hydrogen (secondary N) is 2. The Hall–Kier alpha value is -2.74. The SMILES string of the molecule is CCc1c2c([nH]c(=O)c1C#N)OCC=C1NC=CC=C12. The second kappa shape index (κ2) is 4.74. The van der Waals surface area contributed by atoms with Gasteiger partial charge in [0.25, 0.3) is 5.56 Å². The van der Waals surface area contributed by atoms with Gasteiger partial charge in [0.05, 0.1) is 0 Å². The maximum Gasteiger partial charge on any atom is 0.268 e. The van der Waals surface area contributed by atoms with Gasteiger partial charge in [0.2, 0.25) is 5.88 Å². The summed E-state index contributed by atoms with van der Waals surface area (Å²) in [5, 5.41) is 12.4. The van der Waals surface area contributed by atoms with Crippen molar-refractivity contribution in [3.05, 3.63) is 57.2 Å². The minimum atomic E-state index is -0.397. The molecule has 5 nitrogen and oxygen atoms in total. The van der Waals surface area contributed by atoms with Crippen LogP contribution in [0.15, 0.2) is 34.9 Å². The molecule has 1 aromatic heterocycles. The number of nitriles is 1. The van der Waals surface area contributed by atoms with Crippen molar-refractivity contribution >= 4 is 5.57 Å². The Morgan fingerprint density at radius 2 is 2.35 bits per heavy atom. The van der Waals surface area contributed by atoms with E-state index >= 15 is 0 Å². The zero-order chi connectivity index (χ0) is 14.1. The predicted molar refractivity (Wildman–Crippen MR) is 75.0 cm³/mol. The molecule has 1 aromatic rings. The van der Waals surface area contributed by atoms with Crippen molar-refractivity contribution in [1.29, 1.82) is 5.26 Å². The third-order valence-corrected chi connectivity index (χ3v) is 3.42. The summed E-state index contributed by atoms with van der Waals surface area (Å²) in [6, 6.07) is 2.00.